The highest BCUT2D eigenvalue weighted by Crippen LogP contribution is 2.21. The molecule has 0 spiro atoms. The molecule has 0 heterocycles. The third-order valence-electron chi connectivity index (χ3n) is 2.37. The van der Waals surface area contributed by atoms with Crippen LogP contribution < -0.4 is 5.32 Å². The second-order valence-electron chi connectivity index (χ2n) is 3.68. The van der Waals surface area contributed by atoms with E-state index >= 15 is 0 Å². The van der Waals surface area contributed by atoms with Gasteiger partial charge in [-0.2, -0.15) is 0 Å². The van der Waals surface area contributed by atoms with Crippen LogP contribution in [0.1, 0.15) is 10.4 Å². The van der Waals surface area contributed by atoms with Gasteiger partial charge in [-0.25, -0.2) is 13.2 Å². The molecule has 98 valence electrons. The summed E-state index contributed by atoms with van der Waals surface area (Å²) in [6, 6.07) is 7.12. The summed E-state index contributed by atoms with van der Waals surface area (Å²) in [6.07, 6.45) is 0. The van der Waals surface area contributed by atoms with Crippen LogP contribution in [0.15, 0.2) is 40.9 Å². The van der Waals surface area contributed by atoms with Gasteiger partial charge in [0.1, 0.15) is 5.82 Å². The highest BCUT2D eigenvalue weighted by atomic mass is 79.9. The lowest BCUT2D eigenvalue weighted by Gasteiger charge is -2.08. The van der Waals surface area contributed by atoms with Gasteiger partial charge >= 0.3 is 0 Å². The number of anilines is 1. The topological polar surface area (TPSA) is 29.1 Å². The summed E-state index contributed by atoms with van der Waals surface area (Å²) in [4.78, 5) is 11.8. The largest absolute Gasteiger partial charge is 0.319 e. The maximum atomic E-state index is 13.4. The number of carbonyl (C=O) groups excluding carboxylic acids is 1. The third kappa shape index (κ3) is 2.96. The lowest BCUT2D eigenvalue weighted by molar-refractivity contribution is 0.102. The lowest BCUT2D eigenvalue weighted by atomic mass is 10.2. The van der Waals surface area contributed by atoms with E-state index in [1.54, 1.807) is 0 Å². The SMILES string of the molecule is O=C(Nc1cc(Br)ccc1F)c1cccc(F)c1F. The Morgan fingerprint density at radius 3 is 2.53 bits per heavy atom. The minimum absolute atomic E-state index is 0.122. The molecule has 2 aromatic carbocycles. The minimum atomic E-state index is -1.27. The van der Waals surface area contributed by atoms with Crippen LogP contribution in [0.3, 0.4) is 0 Å². The highest BCUT2D eigenvalue weighted by molar-refractivity contribution is 9.10. The van der Waals surface area contributed by atoms with Crippen molar-refractivity contribution in [2.75, 3.05) is 5.32 Å². The van der Waals surface area contributed by atoms with Gasteiger partial charge in [0, 0.05) is 4.47 Å². The molecule has 0 saturated heterocycles. The molecule has 0 aromatic heterocycles. The fourth-order valence-electron chi connectivity index (χ4n) is 1.46. The Morgan fingerprint density at radius 2 is 1.79 bits per heavy atom. The maximum absolute atomic E-state index is 13.4. The van der Waals surface area contributed by atoms with Crippen LogP contribution in [-0.4, -0.2) is 5.91 Å². The van der Waals surface area contributed by atoms with Gasteiger partial charge in [0.25, 0.3) is 5.91 Å². The zero-order chi connectivity index (χ0) is 14.0. The normalized spacial score (nSPS) is 10.3. The van der Waals surface area contributed by atoms with E-state index in [1.807, 2.05) is 0 Å². The molecule has 1 N–H and O–H groups in total. The Morgan fingerprint density at radius 1 is 1.05 bits per heavy atom. The summed E-state index contributed by atoms with van der Waals surface area (Å²) in [7, 11) is 0. The summed E-state index contributed by atoms with van der Waals surface area (Å²) >= 11 is 3.12. The summed E-state index contributed by atoms with van der Waals surface area (Å²) in [6.45, 7) is 0. The monoisotopic (exact) mass is 329 g/mol. The van der Waals surface area contributed by atoms with E-state index < -0.39 is 28.9 Å². The van der Waals surface area contributed by atoms with Crippen molar-refractivity contribution in [3.8, 4) is 0 Å². The molecular formula is C13H7BrF3NO. The van der Waals surface area contributed by atoms with Crippen LogP contribution in [0.2, 0.25) is 0 Å². The number of rotatable bonds is 2. The lowest BCUT2D eigenvalue weighted by Crippen LogP contribution is -2.15. The van der Waals surface area contributed by atoms with E-state index in [2.05, 4.69) is 21.2 Å². The summed E-state index contributed by atoms with van der Waals surface area (Å²) in [5.41, 5.74) is -0.609. The Hall–Kier alpha value is -1.82. The number of hydrogen-bond acceptors (Lipinski definition) is 1. The number of halogens is 4. The van der Waals surface area contributed by atoms with E-state index in [0.717, 1.165) is 18.2 Å². The van der Waals surface area contributed by atoms with Gasteiger partial charge in [-0.3, -0.25) is 4.79 Å². The number of amides is 1. The number of nitrogens with one attached hydrogen (secondary N) is 1. The van der Waals surface area contributed by atoms with Crippen molar-refractivity contribution in [3.63, 3.8) is 0 Å². The second kappa shape index (κ2) is 5.44. The molecule has 0 bridgehead atoms. The molecule has 2 rings (SSSR count). The Bertz CT molecular complexity index is 646. The minimum Gasteiger partial charge on any atom is -0.319 e. The number of carbonyl (C=O) groups is 1. The van der Waals surface area contributed by atoms with Crippen molar-refractivity contribution in [1.82, 2.24) is 0 Å². The first-order valence-electron chi connectivity index (χ1n) is 5.19. The molecular weight excluding hydrogens is 323 g/mol. The zero-order valence-corrected chi connectivity index (χ0v) is 11.0. The fraction of sp³-hybridized carbons (Fsp3) is 0. The maximum Gasteiger partial charge on any atom is 0.258 e. The smallest absolute Gasteiger partial charge is 0.258 e. The highest BCUT2D eigenvalue weighted by Gasteiger charge is 2.16. The van der Waals surface area contributed by atoms with Gasteiger partial charge in [-0.15, -0.1) is 0 Å². The average molecular weight is 330 g/mol. The van der Waals surface area contributed by atoms with Crippen LogP contribution in [0, 0.1) is 17.5 Å². The van der Waals surface area contributed by atoms with E-state index in [-0.39, 0.29) is 5.69 Å². The molecule has 6 heteroatoms. The molecule has 0 saturated carbocycles. The molecule has 0 radical (unpaired) electrons. The van der Waals surface area contributed by atoms with Crippen LogP contribution in [0.4, 0.5) is 18.9 Å². The molecule has 0 aliphatic heterocycles. The number of benzene rings is 2. The molecule has 2 aromatic rings. The van der Waals surface area contributed by atoms with Gasteiger partial charge in [0.2, 0.25) is 0 Å². The van der Waals surface area contributed by atoms with Crippen molar-refractivity contribution in [2.24, 2.45) is 0 Å². The molecule has 0 fully saturated rings. The van der Waals surface area contributed by atoms with Gasteiger partial charge < -0.3 is 5.32 Å². The van der Waals surface area contributed by atoms with Crippen molar-refractivity contribution >= 4 is 27.5 Å². The van der Waals surface area contributed by atoms with Gasteiger partial charge in [-0.05, 0) is 30.3 Å². The summed E-state index contributed by atoms with van der Waals surface area (Å²) < 4.78 is 40.3. The van der Waals surface area contributed by atoms with Crippen molar-refractivity contribution in [2.45, 2.75) is 0 Å². The predicted octanol–water partition coefficient (Wildman–Crippen LogP) is 4.12. The summed E-state index contributed by atoms with van der Waals surface area (Å²) in [5, 5.41) is 2.18. The first kappa shape index (κ1) is 13.6. The zero-order valence-electron chi connectivity index (χ0n) is 9.38. The summed E-state index contributed by atoms with van der Waals surface area (Å²) in [5.74, 6) is -4.00. The van der Waals surface area contributed by atoms with Crippen LogP contribution >= 0.6 is 15.9 Å². The van der Waals surface area contributed by atoms with E-state index in [4.69, 9.17) is 0 Å². The van der Waals surface area contributed by atoms with Crippen LogP contribution in [0.5, 0.6) is 0 Å². The van der Waals surface area contributed by atoms with Gasteiger partial charge in [0.15, 0.2) is 11.6 Å². The molecule has 19 heavy (non-hydrogen) atoms. The van der Waals surface area contributed by atoms with Crippen molar-refractivity contribution in [1.29, 1.82) is 0 Å². The Kier molecular flexibility index (Phi) is 3.90. The first-order chi connectivity index (χ1) is 8.99. The molecule has 0 aliphatic rings. The van der Waals surface area contributed by atoms with E-state index in [0.29, 0.717) is 4.47 Å². The molecule has 0 aliphatic carbocycles. The number of hydrogen-bond donors (Lipinski definition) is 1. The van der Waals surface area contributed by atoms with Crippen molar-refractivity contribution in [3.05, 3.63) is 63.9 Å². The van der Waals surface area contributed by atoms with Gasteiger partial charge in [0.05, 0.1) is 11.3 Å². The second-order valence-corrected chi connectivity index (χ2v) is 4.60. The standard InChI is InChI=1S/C13H7BrF3NO/c14-7-4-5-9(15)11(6-7)18-13(19)8-2-1-3-10(16)12(8)17/h1-6H,(H,18,19). The molecule has 2 nitrogen and oxygen atoms in total. The third-order valence-corrected chi connectivity index (χ3v) is 2.87. The van der Waals surface area contributed by atoms with Crippen molar-refractivity contribution < 1.29 is 18.0 Å². The Labute approximate surface area is 115 Å². The fourth-order valence-corrected chi connectivity index (χ4v) is 1.82. The van der Waals surface area contributed by atoms with E-state index in [1.165, 1.54) is 18.2 Å². The first-order valence-corrected chi connectivity index (χ1v) is 5.99. The predicted molar refractivity (Wildman–Crippen MR) is 68.4 cm³/mol. The molecule has 0 unspecified atom stereocenters. The van der Waals surface area contributed by atoms with E-state index in [9.17, 15) is 18.0 Å². The quantitative estimate of drug-likeness (QED) is 0.882. The molecule has 1 amide bonds. The molecule has 0 atom stereocenters. The van der Waals surface area contributed by atoms with Crippen LogP contribution in [0.25, 0.3) is 0 Å². The average Bonchev–Trinajstić information content (AvgIpc) is 2.37. The van der Waals surface area contributed by atoms with Gasteiger partial charge in [-0.1, -0.05) is 22.0 Å². The van der Waals surface area contributed by atoms with Crippen LogP contribution in [-0.2, 0) is 0 Å². The Balaban J connectivity index is 2.31.